The van der Waals surface area contributed by atoms with Crippen molar-refractivity contribution in [2.24, 2.45) is 5.92 Å². The maximum absolute atomic E-state index is 5.25. The predicted octanol–water partition coefficient (Wildman–Crippen LogP) is 5.04. The molecule has 1 aliphatic heterocycles. The third kappa shape index (κ3) is 3.62. The van der Waals surface area contributed by atoms with E-state index in [4.69, 9.17) is 4.74 Å². The summed E-state index contributed by atoms with van der Waals surface area (Å²) in [7, 11) is 1.67. The van der Waals surface area contributed by atoms with Crippen molar-refractivity contribution in [1.82, 2.24) is 9.88 Å². The summed E-state index contributed by atoms with van der Waals surface area (Å²) in [5.41, 5.74) is 6.59. The molecule has 0 amide bonds. The molecule has 4 rings (SSSR count). The van der Waals surface area contributed by atoms with E-state index in [2.05, 4.69) is 54.9 Å². The van der Waals surface area contributed by atoms with Gasteiger partial charge < -0.3 is 4.74 Å². The molecule has 1 aliphatic carbocycles. The number of fused-ring (bicyclic) bond motifs is 1. The lowest BCUT2D eigenvalue weighted by atomic mass is 9.84. The first-order chi connectivity index (χ1) is 13.1. The van der Waals surface area contributed by atoms with Gasteiger partial charge in [-0.05, 0) is 74.2 Å². The fourth-order valence-corrected chi connectivity index (χ4v) is 5.13. The molecule has 2 aliphatic rings. The monoisotopic (exact) mass is 364 g/mol. The van der Waals surface area contributed by atoms with Crippen LogP contribution in [-0.4, -0.2) is 35.6 Å². The Bertz CT molecular complexity index is 814. The molecule has 0 bridgehead atoms. The van der Waals surface area contributed by atoms with Gasteiger partial charge in [-0.2, -0.15) is 0 Å². The van der Waals surface area contributed by atoms with Crippen LogP contribution in [0.25, 0.3) is 11.1 Å². The molecular formula is C24H32N2O. The molecule has 1 aromatic heterocycles. The summed E-state index contributed by atoms with van der Waals surface area (Å²) in [5.74, 6) is 1.45. The van der Waals surface area contributed by atoms with E-state index in [9.17, 15) is 0 Å². The number of pyridine rings is 1. The summed E-state index contributed by atoms with van der Waals surface area (Å²) in [6.07, 6.45) is 6.44. The molecule has 2 heterocycles. The fraction of sp³-hybridized carbons (Fsp3) is 0.542. The van der Waals surface area contributed by atoms with Crippen LogP contribution in [0.4, 0.5) is 0 Å². The van der Waals surface area contributed by atoms with Gasteiger partial charge in [0.25, 0.3) is 0 Å². The first-order valence-electron chi connectivity index (χ1n) is 10.5. The van der Waals surface area contributed by atoms with Gasteiger partial charge in [-0.1, -0.05) is 32.0 Å². The Morgan fingerprint density at radius 1 is 1.11 bits per heavy atom. The number of aryl methyl sites for hydroxylation is 2. The van der Waals surface area contributed by atoms with E-state index in [0.29, 0.717) is 5.88 Å². The summed E-state index contributed by atoms with van der Waals surface area (Å²) in [6, 6.07) is 12.6. The minimum Gasteiger partial charge on any atom is -0.481 e. The van der Waals surface area contributed by atoms with Gasteiger partial charge in [0.2, 0.25) is 5.88 Å². The molecule has 3 nitrogen and oxygen atoms in total. The van der Waals surface area contributed by atoms with Crippen molar-refractivity contribution in [2.45, 2.75) is 65.0 Å². The van der Waals surface area contributed by atoms with E-state index in [1.54, 1.807) is 12.7 Å². The van der Waals surface area contributed by atoms with Crippen LogP contribution in [0.2, 0.25) is 0 Å². The van der Waals surface area contributed by atoms with Gasteiger partial charge in [0.1, 0.15) is 0 Å². The van der Waals surface area contributed by atoms with Gasteiger partial charge in [0.05, 0.1) is 7.11 Å². The first-order valence-corrected chi connectivity index (χ1v) is 10.5. The SMILES string of the molecule is COc1ccc(-c2ccc3c(c2)CCC(N2CCCC2C(C)C)C3)c(C)n1. The maximum atomic E-state index is 5.25. The number of benzene rings is 1. The van der Waals surface area contributed by atoms with Crippen LogP contribution in [0.1, 0.15) is 49.9 Å². The summed E-state index contributed by atoms with van der Waals surface area (Å²) < 4.78 is 5.25. The Hall–Kier alpha value is -1.87. The highest BCUT2D eigenvalue weighted by molar-refractivity contribution is 5.67. The number of rotatable bonds is 4. The zero-order chi connectivity index (χ0) is 19.0. The van der Waals surface area contributed by atoms with Crippen molar-refractivity contribution in [3.05, 3.63) is 47.2 Å². The highest BCUT2D eigenvalue weighted by Crippen LogP contribution is 2.34. The molecular weight excluding hydrogens is 332 g/mol. The van der Waals surface area contributed by atoms with Crippen molar-refractivity contribution in [3.8, 4) is 17.0 Å². The molecule has 0 N–H and O–H groups in total. The lowest BCUT2D eigenvalue weighted by molar-refractivity contribution is 0.134. The molecule has 2 atom stereocenters. The summed E-state index contributed by atoms with van der Waals surface area (Å²) in [4.78, 5) is 7.36. The molecule has 0 spiro atoms. The van der Waals surface area contributed by atoms with Gasteiger partial charge in [-0.15, -0.1) is 0 Å². The van der Waals surface area contributed by atoms with E-state index >= 15 is 0 Å². The highest BCUT2D eigenvalue weighted by Gasteiger charge is 2.34. The molecule has 144 valence electrons. The van der Waals surface area contributed by atoms with E-state index in [1.165, 1.54) is 55.3 Å². The number of methoxy groups -OCH3 is 1. The van der Waals surface area contributed by atoms with Crippen molar-refractivity contribution >= 4 is 0 Å². The van der Waals surface area contributed by atoms with Crippen molar-refractivity contribution in [3.63, 3.8) is 0 Å². The first kappa shape index (κ1) is 18.5. The largest absolute Gasteiger partial charge is 0.481 e. The summed E-state index contributed by atoms with van der Waals surface area (Å²) in [6.45, 7) is 8.12. The minimum atomic E-state index is 0.683. The standard InChI is InChI=1S/C24H32N2O/c1-16(2)23-6-5-13-26(23)21-10-9-18-14-20(8-7-19(18)15-21)22-11-12-24(27-4)25-17(22)3/h7-8,11-12,14,16,21,23H,5-6,9-10,13,15H2,1-4H3. The number of likely N-dealkylation sites (tertiary alicyclic amines) is 1. The lowest BCUT2D eigenvalue weighted by Gasteiger charge is -2.38. The molecule has 1 fully saturated rings. The van der Waals surface area contributed by atoms with Crippen molar-refractivity contribution in [2.75, 3.05) is 13.7 Å². The Morgan fingerprint density at radius 3 is 2.70 bits per heavy atom. The third-order valence-corrected chi connectivity index (χ3v) is 6.57. The summed E-state index contributed by atoms with van der Waals surface area (Å²) in [5, 5.41) is 0. The quantitative estimate of drug-likeness (QED) is 0.760. The van der Waals surface area contributed by atoms with Gasteiger partial charge in [0, 0.05) is 29.4 Å². The zero-order valence-electron chi connectivity index (χ0n) is 17.2. The average molecular weight is 365 g/mol. The topological polar surface area (TPSA) is 25.4 Å². The van der Waals surface area contributed by atoms with Crippen molar-refractivity contribution < 1.29 is 4.74 Å². The van der Waals surface area contributed by atoms with Gasteiger partial charge in [0.15, 0.2) is 0 Å². The second-order valence-electron chi connectivity index (χ2n) is 8.56. The van der Waals surface area contributed by atoms with Crippen LogP contribution in [0, 0.1) is 12.8 Å². The number of ether oxygens (including phenoxy) is 1. The van der Waals surface area contributed by atoms with E-state index in [-0.39, 0.29) is 0 Å². The summed E-state index contributed by atoms with van der Waals surface area (Å²) >= 11 is 0. The average Bonchev–Trinajstić information content (AvgIpc) is 3.17. The second-order valence-corrected chi connectivity index (χ2v) is 8.56. The van der Waals surface area contributed by atoms with E-state index in [1.807, 2.05) is 6.07 Å². The molecule has 2 aromatic rings. The molecule has 3 heteroatoms. The molecule has 0 radical (unpaired) electrons. The molecule has 1 saturated heterocycles. The van der Waals surface area contributed by atoms with Crippen LogP contribution in [-0.2, 0) is 12.8 Å². The number of aromatic nitrogens is 1. The second kappa shape index (κ2) is 7.63. The number of hydrogen-bond donors (Lipinski definition) is 0. The maximum Gasteiger partial charge on any atom is 0.213 e. The highest BCUT2D eigenvalue weighted by atomic mass is 16.5. The van der Waals surface area contributed by atoms with Crippen LogP contribution >= 0.6 is 0 Å². The Labute approximate surface area is 163 Å². The van der Waals surface area contributed by atoms with Crippen molar-refractivity contribution in [1.29, 1.82) is 0 Å². The van der Waals surface area contributed by atoms with Gasteiger partial charge in [-0.3, -0.25) is 4.90 Å². The lowest BCUT2D eigenvalue weighted by Crippen LogP contribution is -2.44. The Balaban J connectivity index is 1.55. The van der Waals surface area contributed by atoms with Gasteiger partial charge >= 0.3 is 0 Å². The Morgan fingerprint density at radius 2 is 1.96 bits per heavy atom. The van der Waals surface area contributed by atoms with E-state index < -0.39 is 0 Å². The fourth-order valence-electron chi connectivity index (χ4n) is 5.13. The number of hydrogen-bond acceptors (Lipinski definition) is 3. The van der Waals surface area contributed by atoms with Crippen LogP contribution < -0.4 is 4.74 Å². The van der Waals surface area contributed by atoms with Crippen LogP contribution in [0.15, 0.2) is 30.3 Å². The van der Waals surface area contributed by atoms with E-state index in [0.717, 1.165) is 23.7 Å². The molecule has 27 heavy (non-hydrogen) atoms. The Kier molecular flexibility index (Phi) is 5.23. The van der Waals surface area contributed by atoms with Gasteiger partial charge in [-0.25, -0.2) is 4.98 Å². The van der Waals surface area contributed by atoms with Crippen LogP contribution in [0.3, 0.4) is 0 Å². The minimum absolute atomic E-state index is 0.683. The number of nitrogens with zero attached hydrogens (tertiary/aromatic N) is 2. The zero-order valence-corrected chi connectivity index (χ0v) is 17.2. The molecule has 2 unspecified atom stereocenters. The smallest absolute Gasteiger partial charge is 0.213 e. The van der Waals surface area contributed by atoms with Crippen LogP contribution in [0.5, 0.6) is 5.88 Å². The third-order valence-electron chi connectivity index (χ3n) is 6.57. The predicted molar refractivity (Wildman–Crippen MR) is 111 cm³/mol. The molecule has 0 saturated carbocycles. The molecule has 1 aromatic carbocycles. The normalized spacial score (nSPS) is 22.9.